The van der Waals surface area contributed by atoms with E-state index >= 15 is 0 Å². The maximum atomic E-state index is 12.0. The first-order valence-corrected chi connectivity index (χ1v) is 6.90. The number of hydrogen-bond donors (Lipinski definition) is 3. The van der Waals surface area contributed by atoms with Crippen LogP contribution in [0.4, 0.5) is 0 Å². The minimum Gasteiger partial charge on any atom is -0.479 e. The van der Waals surface area contributed by atoms with E-state index in [1.54, 1.807) is 60.7 Å². The number of esters is 1. The lowest BCUT2D eigenvalue weighted by Crippen LogP contribution is -2.41. The number of aliphatic carboxylic acids is 1. The van der Waals surface area contributed by atoms with Crippen LogP contribution < -0.4 is 0 Å². The van der Waals surface area contributed by atoms with Gasteiger partial charge in [0.2, 0.25) is 0 Å². The Balaban J connectivity index is 2.26. The largest absolute Gasteiger partial charge is 0.479 e. The molecule has 2 rings (SSSR count). The zero-order valence-electron chi connectivity index (χ0n) is 12.1. The van der Waals surface area contributed by atoms with E-state index in [-0.39, 0.29) is 0 Å². The fraction of sp³-hybridized carbons (Fsp3) is 0.176. The molecule has 0 bridgehead atoms. The lowest BCUT2D eigenvalue weighted by molar-refractivity contribution is -0.172. The molecule has 0 saturated heterocycles. The number of carboxylic acids is 1. The molecule has 0 radical (unpaired) electrons. The lowest BCUT2D eigenvalue weighted by atomic mass is 10.0. The first-order chi connectivity index (χ1) is 11.0. The van der Waals surface area contributed by atoms with Crippen molar-refractivity contribution in [2.45, 2.75) is 18.3 Å². The number of carbonyl (C=O) groups excluding carboxylic acids is 1. The summed E-state index contributed by atoms with van der Waals surface area (Å²) in [4.78, 5) is 22.6. The Morgan fingerprint density at radius 2 is 1.22 bits per heavy atom. The normalized spacial score (nSPS) is 13.3. The summed E-state index contributed by atoms with van der Waals surface area (Å²) >= 11 is 0. The number of ether oxygens (including phenoxy) is 1. The zero-order chi connectivity index (χ0) is 16.8. The molecule has 0 saturated carbocycles. The van der Waals surface area contributed by atoms with Crippen LogP contribution in [0.15, 0.2) is 60.7 Å². The molecule has 0 heterocycles. The van der Waals surface area contributed by atoms with E-state index in [2.05, 4.69) is 0 Å². The van der Waals surface area contributed by atoms with Crippen LogP contribution in [0.2, 0.25) is 0 Å². The first-order valence-electron chi connectivity index (χ1n) is 6.90. The van der Waals surface area contributed by atoms with E-state index < -0.39 is 30.3 Å². The first kappa shape index (κ1) is 16.7. The van der Waals surface area contributed by atoms with E-state index in [4.69, 9.17) is 9.84 Å². The van der Waals surface area contributed by atoms with E-state index in [0.717, 1.165) is 0 Å². The zero-order valence-corrected chi connectivity index (χ0v) is 12.1. The summed E-state index contributed by atoms with van der Waals surface area (Å²) in [5.41, 5.74) is 1.31. The van der Waals surface area contributed by atoms with Crippen molar-refractivity contribution in [3.8, 4) is 0 Å². The highest BCUT2D eigenvalue weighted by atomic mass is 16.6. The molecule has 3 N–H and O–H groups in total. The van der Waals surface area contributed by atoms with Crippen molar-refractivity contribution in [1.29, 1.82) is 0 Å². The summed E-state index contributed by atoms with van der Waals surface area (Å²) in [5.74, 6) is -2.91. The molecule has 120 valence electrons. The SMILES string of the molecule is O=C(O)[C@H](O)[C@@H](O)C(=O)OC(c1ccccc1)c1ccccc1. The molecule has 0 unspecified atom stereocenters. The van der Waals surface area contributed by atoms with Crippen LogP contribution in [-0.2, 0) is 14.3 Å². The maximum Gasteiger partial charge on any atom is 0.339 e. The second-order valence-electron chi connectivity index (χ2n) is 4.87. The highest BCUT2D eigenvalue weighted by Gasteiger charge is 2.33. The fourth-order valence-corrected chi connectivity index (χ4v) is 2.03. The van der Waals surface area contributed by atoms with Crippen LogP contribution in [0.25, 0.3) is 0 Å². The van der Waals surface area contributed by atoms with Crippen molar-refractivity contribution in [3.63, 3.8) is 0 Å². The topological polar surface area (TPSA) is 104 Å². The average molecular weight is 316 g/mol. The Labute approximate surface area is 132 Å². The molecule has 23 heavy (non-hydrogen) atoms. The second-order valence-corrected chi connectivity index (χ2v) is 4.87. The summed E-state index contributed by atoms with van der Waals surface area (Å²) in [5, 5.41) is 27.5. The van der Waals surface area contributed by atoms with Crippen LogP contribution in [-0.4, -0.2) is 39.5 Å². The molecule has 2 aromatic rings. The maximum absolute atomic E-state index is 12.0. The van der Waals surface area contributed by atoms with E-state index in [1.165, 1.54) is 0 Å². The Bertz CT molecular complexity index is 616. The van der Waals surface area contributed by atoms with Gasteiger partial charge in [-0.1, -0.05) is 60.7 Å². The van der Waals surface area contributed by atoms with Crippen LogP contribution in [0.3, 0.4) is 0 Å². The molecule has 0 aliphatic heterocycles. The Morgan fingerprint density at radius 3 is 1.61 bits per heavy atom. The van der Waals surface area contributed by atoms with Crippen LogP contribution in [0.5, 0.6) is 0 Å². The third kappa shape index (κ3) is 4.15. The van der Waals surface area contributed by atoms with E-state index in [1.807, 2.05) is 0 Å². The highest BCUT2D eigenvalue weighted by Crippen LogP contribution is 2.26. The number of carbonyl (C=O) groups is 2. The molecular weight excluding hydrogens is 300 g/mol. The summed E-state index contributed by atoms with van der Waals surface area (Å²) < 4.78 is 5.24. The highest BCUT2D eigenvalue weighted by molar-refractivity contribution is 5.84. The molecule has 0 fully saturated rings. The molecule has 0 amide bonds. The Kier molecular flexibility index (Phi) is 5.46. The van der Waals surface area contributed by atoms with Gasteiger partial charge in [0.1, 0.15) is 0 Å². The predicted octanol–water partition coefficient (Wildman–Crippen LogP) is 1.13. The van der Waals surface area contributed by atoms with Gasteiger partial charge in [0.25, 0.3) is 0 Å². The number of rotatable bonds is 6. The molecule has 0 aliphatic rings. The summed E-state index contributed by atoms with van der Waals surface area (Å²) in [7, 11) is 0. The van der Waals surface area contributed by atoms with Crippen molar-refractivity contribution in [1.82, 2.24) is 0 Å². The average Bonchev–Trinajstić information content (AvgIpc) is 2.59. The van der Waals surface area contributed by atoms with Crippen molar-refractivity contribution in [3.05, 3.63) is 71.8 Å². The number of aliphatic hydroxyl groups is 2. The minimum absolute atomic E-state index is 0.657. The molecule has 6 nitrogen and oxygen atoms in total. The van der Waals surface area contributed by atoms with Crippen molar-refractivity contribution in [2.75, 3.05) is 0 Å². The van der Waals surface area contributed by atoms with Crippen molar-refractivity contribution >= 4 is 11.9 Å². The van der Waals surface area contributed by atoms with Gasteiger partial charge in [0.15, 0.2) is 18.3 Å². The monoisotopic (exact) mass is 316 g/mol. The molecule has 2 atom stereocenters. The van der Waals surface area contributed by atoms with Gasteiger partial charge in [-0.25, -0.2) is 9.59 Å². The molecule has 6 heteroatoms. The van der Waals surface area contributed by atoms with Crippen LogP contribution in [0.1, 0.15) is 17.2 Å². The Morgan fingerprint density at radius 1 is 0.783 bits per heavy atom. The Hall–Kier alpha value is -2.70. The number of aliphatic hydroxyl groups excluding tert-OH is 2. The summed E-state index contributed by atoms with van der Waals surface area (Å²) in [6, 6.07) is 17.6. The van der Waals surface area contributed by atoms with Gasteiger partial charge < -0.3 is 20.1 Å². The van der Waals surface area contributed by atoms with Crippen LogP contribution >= 0.6 is 0 Å². The number of benzene rings is 2. The second kappa shape index (κ2) is 7.53. The van der Waals surface area contributed by atoms with Crippen LogP contribution in [0, 0.1) is 0 Å². The summed E-state index contributed by atoms with van der Waals surface area (Å²) in [6.07, 6.45) is -5.22. The summed E-state index contributed by atoms with van der Waals surface area (Å²) in [6.45, 7) is 0. The predicted molar refractivity (Wildman–Crippen MR) is 80.5 cm³/mol. The smallest absolute Gasteiger partial charge is 0.339 e. The molecule has 2 aromatic carbocycles. The molecule has 0 aliphatic carbocycles. The van der Waals surface area contributed by atoms with Gasteiger partial charge in [-0.2, -0.15) is 0 Å². The quantitative estimate of drug-likeness (QED) is 0.690. The van der Waals surface area contributed by atoms with Gasteiger partial charge in [0.05, 0.1) is 0 Å². The van der Waals surface area contributed by atoms with Gasteiger partial charge in [-0.05, 0) is 11.1 Å². The lowest BCUT2D eigenvalue weighted by Gasteiger charge is -2.21. The number of carboxylic acid groups (broad SMARTS) is 1. The molecular formula is C17H16O6. The van der Waals surface area contributed by atoms with E-state index in [9.17, 15) is 19.8 Å². The van der Waals surface area contributed by atoms with Gasteiger partial charge >= 0.3 is 11.9 Å². The molecule has 0 aromatic heterocycles. The fourth-order valence-electron chi connectivity index (χ4n) is 2.03. The van der Waals surface area contributed by atoms with E-state index in [0.29, 0.717) is 11.1 Å². The van der Waals surface area contributed by atoms with Gasteiger partial charge in [0, 0.05) is 0 Å². The van der Waals surface area contributed by atoms with Crippen molar-refractivity contribution < 1.29 is 29.6 Å². The third-order valence-electron chi connectivity index (χ3n) is 3.23. The van der Waals surface area contributed by atoms with Gasteiger partial charge in [-0.15, -0.1) is 0 Å². The minimum atomic E-state index is -2.24. The molecule has 0 spiro atoms. The van der Waals surface area contributed by atoms with Crippen molar-refractivity contribution in [2.24, 2.45) is 0 Å². The third-order valence-corrected chi connectivity index (χ3v) is 3.23. The number of hydrogen-bond acceptors (Lipinski definition) is 5. The van der Waals surface area contributed by atoms with Gasteiger partial charge in [-0.3, -0.25) is 0 Å². The standard InChI is InChI=1S/C17H16O6/c18-13(16(20)21)14(19)17(22)23-15(11-7-3-1-4-8-11)12-9-5-2-6-10-12/h1-10,13-15,18-19H,(H,20,21)/t13-,14-/m1/s1.